The standard InChI is InChI=1S/C20H28N4OS/c1-2-23(16-18-8-7-13-26-18)20(25)22-15-17-9-10-19(21-14-17)24-11-5-3-4-6-12-24/h7-10,13-14H,2-6,11-12,15-16H2,1H3,(H,22,25). The number of nitrogens with one attached hydrogen (secondary N) is 1. The van der Waals surface area contributed by atoms with Crippen LogP contribution in [0.25, 0.3) is 0 Å². The maximum atomic E-state index is 12.4. The maximum Gasteiger partial charge on any atom is 0.317 e. The first kappa shape index (κ1) is 18.7. The van der Waals surface area contributed by atoms with Gasteiger partial charge in [-0.15, -0.1) is 11.3 Å². The molecule has 0 aliphatic carbocycles. The largest absolute Gasteiger partial charge is 0.357 e. The average Bonchev–Trinajstić information content (AvgIpc) is 3.04. The van der Waals surface area contributed by atoms with Crippen LogP contribution in [0, 0.1) is 0 Å². The summed E-state index contributed by atoms with van der Waals surface area (Å²) in [4.78, 5) is 22.4. The van der Waals surface area contributed by atoms with Gasteiger partial charge >= 0.3 is 6.03 Å². The molecule has 1 aliphatic heterocycles. The SMILES string of the molecule is CCN(Cc1cccs1)C(=O)NCc1ccc(N2CCCCCC2)nc1. The summed E-state index contributed by atoms with van der Waals surface area (Å²) in [7, 11) is 0. The third-order valence-corrected chi connectivity index (χ3v) is 5.64. The van der Waals surface area contributed by atoms with Gasteiger partial charge in [0.05, 0.1) is 6.54 Å². The van der Waals surface area contributed by atoms with E-state index in [0.29, 0.717) is 19.6 Å². The number of anilines is 1. The Bertz CT molecular complexity index is 664. The molecule has 1 N–H and O–H groups in total. The van der Waals surface area contributed by atoms with Crippen molar-refractivity contribution >= 4 is 23.2 Å². The van der Waals surface area contributed by atoms with Gasteiger partial charge < -0.3 is 15.1 Å². The molecule has 2 aromatic rings. The van der Waals surface area contributed by atoms with Crippen LogP contribution in [0.15, 0.2) is 35.8 Å². The van der Waals surface area contributed by atoms with Crippen molar-refractivity contribution in [1.29, 1.82) is 0 Å². The summed E-state index contributed by atoms with van der Waals surface area (Å²) in [6.45, 7) is 6.05. The van der Waals surface area contributed by atoms with Crippen molar-refractivity contribution in [2.75, 3.05) is 24.5 Å². The fourth-order valence-corrected chi connectivity index (χ4v) is 3.93. The Hall–Kier alpha value is -2.08. The zero-order valence-corrected chi connectivity index (χ0v) is 16.3. The molecule has 6 heteroatoms. The summed E-state index contributed by atoms with van der Waals surface area (Å²) in [5, 5.41) is 5.05. The van der Waals surface area contributed by atoms with Crippen molar-refractivity contribution in [1.82, 2.24) is 15.2 Å². The van der Waals surface area contributed by atoms with Crippen molar-refractivity contribution < 1.29 is 4.79 Å². The molecule has 0 aromatic carbocycles. The molecule has 3 rings (SSSR count). The molecule has 0 radical (unpaired) electrons. The third-order valence-electron chi connectivity index (χ3n) is 4.78. The molecule has 1 saturated heterocycles. The van der Waals surface area contributed by atoms with Crippen LogP contribution < -0.4 is 10.2 Å². The van der Waals surface area contributed by atoms with Crippen LogP contribution in [0.3, 0.4) is 0 Å². The van der Waals surface area contributed by atoms with Gasteiger partial charge in [-0.2, -0.15) is 0 Å². The lowest BCUT2D eigenvalue weighted by Gasteiger charge is -2.22. The van der Waals surface area contributed by atoms with E-state index in [2.05, 4.69) is 33.4 Å². The van der Waals surface area contributed by atoms with Crippen molar-refractivity contribution in [2.45, 2.75) is 45.7 Å². The normalized spacial score (nSPS) is 14.7. The number of nitrogens with zero attached hydrogens (tertiary/aromatic N) is 3. The molecule has 0 unspecified atom stereocenters. The number of hydrogen-bond acceptors (Lipinski definition) is 4. The summed E-state index contributed by atoms with van der Waals surface area (Å²) >= 11 is 1.68. The van der Waals surface area contributed by atoms with E-state index < -0.39 is 0 Å². The van der Waals surface area contributed by atoms with E-state index in [1.807, 2.05) is 29.5 Å². The summed E-state index contributed by atoms with van der Waals surface area (Å²) in [6.07, 6.45) is 7.02. The summed E-state index contributed by atoms with van der Waals surface area (Å²) in [5.74, 6) is 1.05. The van der Waals surface area contributed by atoms with Gasteiger partial charge in [-0.25, -0.2) is 9.78 Å². The van der Waals surface area contributed by atoms with Crippen LogP contribution in [-0.2, 0) is 13.1 Å². The van der Waals surface area contributed by atoms with Crippen LogP contribution in [0.4, 0.5) is 10.6 Å². The highest BCUT2D eigenvalue weighted by Crippen LogP contribution is 2.17. The smallest absolute Gasteiger partial charge is 0.317 e. The van der Waals surface area contributed by atoms with E-state index in [1.54, 1.807) is 11.3 Å². The fraction of sp³-hybridized carbons (Fsp3) is 0.500. The van der Waals surface area contributed by atoms with E-state index in [-0.39, 0.29) is 6.03 Å². The Morgan fingerprint density at radius 2 is 2.04 bits per heavy atom. The Kier molecular flexibility index (Phi) is 6.89. The molecule has 3 heterocycles. The highest BCUT2D eigenvalue weighted by Gasteiger charge is 2.13. The predicted molar refractivity (Wildman–Crippen MR) is 108 cm³/mol. The number of aromatic nitrogens is 1. The molecule has 0 spiro atoms. The lowest BCUT2D eigenvalue weighted by atomic mass is 10.2. The zero-order valence-electron chi connectivity index (χ0n) is 15.5. The molecule has 2 aromatic heterocycles. The van der Waals surface area contributed by atoms with Gasteiger partial charge in [0, 0.05) is 37.3 Å². The molecule has 140 valence electrons. The molecule has 0 saturated carbocycles. The Labute approximate surface area is 160 Å². The van der Waals surface area contributed by atoms with Gasteiger partial charge in [0.1, 0.15) is 5.82 Å². The number of carbonyl (C=O) groups is 1. The van der Waals surface area contributed by atoms with Crippen LogP contribution in [-0.4, -0.2) is 35.5 Å². The zero-order chi connectivity index (χ0) is 18.2. The molecule has 5 nitrogen and oxygen atoms in total. The lowest BCUT2D eigenvalue weighted by Crippen LogP contribution is -2.38. The molecule has 1 fully saturated rings. The second-order valence-electron chi connectivity index (χ2n) is 6.68. The van der Waals surface area contributed by atoms with Crippen LogP contribution in [0.5, 0.6) is 0 Å². The van der Waals surface area contributed by atoms with Crippen LogP contribution in [0.2, 0.25) is 0 Å². The number of amides is 2. The summed E-state index contributed by atoms with van der Waals surface area (Å²) in [5.41, 5.74) is 1.03. The number of urea groups is 1. The average molecular weight is 373 g/mol. The van der Waals surface area contributed by atoms with Crippen molar-refractivity contribution in [3.8, 4) is 0 Å². The number of rotatable bonds is 6. The van der Waals surface area contributed by atoms with Gasteiger partial charge in [-0.05, 0) is 42.8 Å². The molecule has 26 heavy (non-hydrogen) atoms. The molecular weight excluding hydrogens is 344 g/mol. The first-order valence-corrected chi connectivity index (χ1v) is 10.4. The fourth-order valence-electron chi connectivity index (χ4n) is 3.22. The summed E-state index contributed by atoms with van der Waals surface area (Å²) < 4.78 is 0. The van der Waals surface area contributed by atoms with Gasteiger partial charge in [-0.3, -0.25) is 0 Å². The number of carbonyl (C=O) groups excluding carboxylic acids is 1. The third kappa shape index (κ3) is 5.21. The molecule has 2 amide bonds. The Morgan fingerprint density at radius 1 is 1.23 bits per heavy atom. The first-order chi connectivity index (χ1) is 12.8. The first-order valence-electron chi connectivity index (χ1n) is 9.51. The topological polar surface area (TPSA) is 48.5 Å². The lowest BCUT2D eigenvalue weighted by molar-refractivity contribution is 0.198. The number of hydrogen-bond donors (Lipinski definition) is 1. The van der Waals surface area contributed by atoms with Gasteiger partial charge in [0.25, 0.3) is 0 Å². The second-order valence-corrected chi connectivity index (χ2v) is 7.71. The van der Waals surface area contributed by atoms with Gasteiger partial charge in [0.15, 0.2) is 0 Å². The van der Waals surface area contributed by atoms with E-state index >= 15 is 0 Å². The van der Waals surface area contributed by atoms with Crippen LogP contribution >= 0.6 is 11.3 Å². The second kappa shape index (κ2) is 9.57. The van der Waals surface area contributed by atoms with Crippen LogP contribution in [0.1, 0.15) is 43.0 Å². The number of thiophene rings is 1. The van der Waals surface area contributed by atoms with E-state index in [0.717, 1.165) is 24.5 Å². The quantitative estimate of drug-likeness (QED) is 0.824. The predicted octanol–water partition coefficient (Wildman–Crippen LogP) is 4.26. The molecule has 0 bridgehead atoms. The number of pyridine rings is 1. The minimum absolute atomic E-state index is 0.0301. The monoisotopic (exact) mass is 372 g/mol. The minimum Gasteiger partial charge on any atom is -0.357 e. The van der Waals surface area contributed by atoms with E-state index in [1.165, 1.54) is 30.6 Å². The molecular formula is C20H28N4OS. The van der Waals surface area contributed by atoms with Crippen molar-refractivity contribution in [3.63, 3.8) is 0 Å². The van der Waals surface area contributed by atoms with E-state index in [4.69, 9.17) is 0 Å². The van der Waals surface area contributed by atoms with Gasteiger partial charge in [-0.1, -0.05) is 25.0 Å². The summed E-state index contributed by atoms with van der Waals surface area (Å²) in [6, 6.07) is 8.20. The highest BCUT2D eigenvalue weighted by atomic mass is 32.1. The Balaban J connectivity index is 1.51. The van der Waals surface area contributed by atoms with Crippen molar-refractivity contribution in [3.05, 3.63) is 46.3 Å². The molecule has 0 atom stereocenters. The van der Waals surface area contributed by atoms with E-state index in [9.17, 15) is 4.79 Å². The molecule has 1 aliphatic rings. The van der Waals surface area contributed by atoms with Gasteiger partial charge in [0.2, 0.25) is 0 Å². The highest BCUT2D eigenvalue weighted by molar-refractivity contribution is 7.09. The maximum absolute atomic E-state index is 12.4. The minimum atomic E-state index is -0.0301. The van der Waals surface area contributed by atoms with Crippen molar-refractivity contribution in [2.24, 2.45) is 0 Å². The Morgan fingerprint density at radius 3 is 2.65 bits per heavy atom.